The van der Waals surface area contributed by atoms with Crippen LogP contribution in [-0.2, 0) is 4.79 Å². The van der Waals surface area contributed by atoms with Crippen molar-refractivity contribution in [1.29, 1.82) is 0 Å². The van der Waals surface area contributed by atoms with Gasteiger partial charge in [0, 0.05) is 42.0 Å². The summed E-state index contributed by atoms with van der Waals surface area (Å²) >= 11 is 1.48. The van der Waals surface area contributed by atoms with Crippen LogP contribution in [0.4, 0.5) is 8.63 Å². The minimum absolute atomic E-state index is 0.0582. The van der Waals surface area contributed by atoms with E-state index < -0.39 is 12.9 Å². The number of allylic oxidation sites excluding steroid dienone is 2. The number of benzene rings is 1. The van der Waals surface area contributed by atoms with E-state index in [0.717, 1.165) is 45.4 Å². The Bertz CT molecular complexity index is 1590. The number of halogens is 2. The Labute approximate surface area is 249 Å². The number of thiophene rings is 1. The summed E-state index contributed by atoms with van der Waals surface area (Å²) in [4.78, 5) is 11.5. The van der Waals surface area contributed by atoms with E-state index in [1.807, 2.05) is 60.9 Å². The number of quaternary nitrogens is 1. The van der Waals surface area contributed by atoms with Crippen molar-refractivity contribution >= 4 is 48.2 Å². The second-order valence-corrected chi connectivity index (χ2v) is 12.8. The van der Waals surface area contributed by atoms with Crippen LogP contribution in [-0.4, -0.2) is 71.5 Å². The number of rotatable bonds is 12. The van der Waals surface area contributed by atoms with Crippen molar-refractivity contribution < 1.29 is 32.2 Å². The first-order valence-corrected chi connectivity index (χ1v) is 15.1. The molecule has 0 radical (unpaired) electrons. The number of carboxylic acid groups (broad SMARTS) is 1. The van der Waals surface area contributed by atoms with Crippen LogP contribution in [0.2, 0.25) is 0 Å². The molecular weight excluding hydrogens is 555 g/mol. The quantitative estimate of drug-likeness (QED) is 0.143. The lowest BCUT2D eigenvalue weighted by molar-refractivity contribution is -0.870. The number of aromatic nitrogens is 1. The van der Waals surface area contributed by atoms with E-state index in [0.29, 0.717) is 41.6 Å². The highest BCUT2D eigenvalue weighted by atomic mass is 32.1. The molecule has 0 atom stereocenters. The number of nitrogens with zero attached hydrogens (tertiary/aromatic N) is 3. The average molecular weight is 593 g/mol. The maximum absolute atomic E-state index is 16.7. The number of hydrogen-bond acceptors (Lipinski definition) is 3. The van der Waals surface area contributed by atoms with E-state index in [2.05, 4.69) is 21.1 Å². The summed E-state index contributed by atoms with van der Waals surface area (Å²) in [5.41, 5.74) is 4.77. The molecule has 6 nitrogen and oxygen atoms in total. The molecule has 0 saturated carbocycles. The van der Waals surface area contributed by atoms with E-state index >= 15 is 8.63 Å². The van der Waals surface area contributed by atoms with Crippen molar-refractivity contribution in [3.8, 4) is 5.75 Å². The second-order valence-electron chi connectivity index (χ2n) is 11.9. The molecule has 0 amide bonds. The van der Waals surface area contributed by atoms with Gasteiger partial charge in [0.15, 0.2) is 11.4 Å². The number of carbonyl (C=O) groups is 1. The number of ether oxygens (including phenoxy) is 1. The van der Waals surface area contributed by atoms with Crippen LogP contribution in [0.1, 0.15) is 53.1 Å². The van der Waals surface area contributed by atoms with Gasteiger partial charge in [0.1, 0.15) is 5.75 Å². The number of hydrogen-bond donors (Lipinski definition) is 1. The SMILES string of the molecule is Cc1cc(C=Cc2ccc(OCCCC(=O)O)cc2)n2c1C=C1C(CCC[N+](C)(C)C)=CC(c3cccs3)=[N+]1[B-]2(F)F. The first kappa shape index (κ1) is 29.7. The number of fused-ring (bicyclic) bond motifs is 2. The lowest BCUT2D eigenvalue weighted by Crippen LogP contribution is -2.51. The molecular formula is C32H37BF2N3O3S+. The van der Waals surface area contributed by atoms with Crippen molar-refractivity contribution in [2.75, 3.05) is 34.3 Å². The number of aliphatic carboxylic acids is 1. The van der Waals surface area contributed by atoms with Gasteiger partial charge in [-0.05, 0) is 66.6 Å². The fourth-order valence-corrected chi connectivity index (χ4v) is 6.26. The van der Waals surface area contributed by atoms with Crippen LogP contribution in [0, 0.1) is 6.92 Å². The van der Waals surface area contributed by atoms with Gasteiger partial charge in [0.05, 0.1) is 39.2 Å². The third kappa shape index (κ3) is 6.34. The van der Waals surface area contributed by atoms with Crippen LogP contribution in [0.3, 0.4) is 0 Å². The second kappa shape index (κ2) is 11.9. The highest BCUT2D eigenvalue weighted by Crippen LogP contribution is 2.40. The maximum Gasteiger partial charge on any atom is 0.737 e. The Morgan fingerprint density at radius 2 is 1.88 bits per heavy atom. The van der Waals surface area contributed by atoms with Crippen molar-refractivity contribution in [2.45, 2.75) is 32.6 Å². The molecule has 0 fully saturated rings. The van der Waals surface area contributed by atoms with E-state index in [4.69, 9.17) is 9.84 Å². The van der Waals surface area contributed by atoms with Crippen LogP contribution in [0.25, 0.3) is 18.2 Å². The molecule has 1 aromatic carbocycles. The monoisotopic (exact) mass is 592 g/mol. The van der Waals surface area contributed by atoms with Gasteiger partial charge < -0.3 is 31.9 Å². The Morgan fingerprint density at radius 3 is 2.55 bits per heavy atom. The predicted molar refractivity (Wildman–Crippen MR) is 167 cm³/mol. The molecule has 2 aliphatic rings. The minimum atomic E-state index is -4.16. The van der Waals surface area contributed by atoms with E-state index in [1.54, 1.807) is 18.2 Å². The van der Waals surface area contributed by atoms with Gasteiger partial charge in [-0.2, -0.15) is 0 Å². The van der Waals surface area contributed by atoms with E-state index in [9.17, 15) is 4.79 Å². The fourth-order valence-electron chi connectivity index (χ4n) is 5.52. The molecule has 3 aromatic rings. The van der Waals surface area contributed by atoms with Gasteiger partial charge in [0.2, 0.25) is 0 Å². The van der Waals surface area contributed by atoms with Crippen LogP contribution < -0.4 is 4.74 Å². The first-order valence-electron chi connectivity index (χ1n) is 14.2. The van der Waals surface area contributed by atoms with Gasteiger partial charge in [-0.1, -0.05) is 24.3 Å². The lowest BCUT2D eigenvalue weighted by Gasteiger charge is -2.31. The number of carboxylic acids is 1. The van der Waals surface area contributed by atoms with Gasteiger partial charge in [-0.15, -0.1) is 11.3 Å². The molecule has 2 aromatic heterocycles. The highest BCUT2D eigenvalue weighted by molar-refractivity contribution is 7.12. The van der Waals surface area contributed by atoms with E-state index in [1.165, 1.54) is 20.3 Å². The molecule has 0 unspecified atom stereocenters. The summed E-state index contributed by atoms with van der Waals surface area (Å²) in [5, 5.41) is 10.7. The molecule has 0 bridgehead atoms. The zero-order valence-electron chi connectivity index (χ0n) is 24.5. The smallest absolute Gasteiger partial charge is 0.494 e. The summed E-state index contributed by atoms with van der Waals surface area (Å²) in [6.45, 7) is -0.991. The zero-order valence-corrected chi connectivity index (χ0v) is 25.3. The molecule has 10 heteroatoms. The first-order chi connectivity index (χ1) is 19.9. The maximum atomic E-state index is 16.7. The molecule has 1 N–H and O–H groups in total. The van der Waals surface area contributed by atoms with Crippen molar-refractivity contribution in [3.05, 3.63) is 92.6 Å². The molecule has 42 heavy (non-hydrogen) atoms. The van der Waals surface area contributed by atoms with E-state index in [-0.39, 0.29) is 6.42 Å². The number of aryl methyl sites for hydroxylation is 1. The normalized spacial score (nSPS) is 16.0. The lowest BCUT2D eigenvalue weighted by atomic mass is 9.88. The minimum Gasteiger partial charge on any atom is -0.494 e. The van der Waals surface area contributed by atoms with Gasteiger partial charge in [-0.3, -0.25) is 4.79 Å². The molecule has 2 aliphatic heterocycles. The molecule has 0 aliphatic carbocycles. The van der Waals surface area contributed by atoms with Crippen LogP contribution in [0.5, 0.6) is 5.75 Å². The third-order valence-electron chi connectivity index (χ3n) is 7.54. The summed E-state index contributed by atoms with van der Waals surface area (Å²) in [6, 6.07) is 12.9. The summed E-state index contributed by atoms with van der Waals surface area (Å²) in [7, 11) is 6.44. The standard InChI is InChI=1S/C32H36BF2N3O3S/c1-23-20-26(14-11-24-12-15-27(16-13-24)41-18-6-10-32(39)40)36-28(23)22-29-25(8-5-17-38(2,3)4)21-30(31-9-7-19-42-31)37(29)33(36,34)35/h7,9,11-16,19-22H,5-6,8,10,17-18H2,1-4H3/p+1. The highest BCUT2D eigenvalue weighted by Gasteiger charge is 2.54. The third-order valence-corrected chi connectivity index (χ3v) is 8.43. The Morgan fingerprint density at radius 1 is 1.12 bits per heavy atom. The van der Waals surface area contributed by atoms with Gasteiger partial charge in [-0.25, -0.2) is 0 Å². The fraction of sp³-hybridized carbons (Fsp3) is 0.312. The molecule has 0 saturated heterocycles. The molecule has 5 rings (SSSR count). The largest absolute Gasteiger partial charge is 0.737 e. The van der Waals surface area contributed by atoms with Crippen molar-refractivity contribution in [1.82, 2.24) is 4.48 Å². The molecule has 4 heterocycles. The van der Waals surface area contributed by atoms with Crippen molar-refractivity contribution in [3.63, 3.8) is 0 Å². The van der Waals surface area contributed by atoms with Gasteiger partial charge in [0.25, 0.3) is 0 Å². The molecule has 220 valence electrons. The Hall–Kier alpha value is -3.76. The average Bonchev–Trinajstić information content (AvgIpc) is 3.64. The predicted octanol–water partition coefficient (Wildman–Crippen LogP) is 6.78. The summed E-state index contributed by atoms with van der Waals surface area (Å²) < 4.78 is 42.3. The van der Waals surface area contributed by atoms with Gasteiger partial charge >= 0.3 is 12.9 Å². The summed E-state index contributed by atoms with van der Waals surface area (Å²) in [5.74, 6) is -0.213. The Kier molecular flexibility index (Phi) is 8.39. The van der Waals surface area contributed by atoms with Crippen molar-refractivity contribution in [2.24, 2.45) is 0 Å². The van der Waals surface area contributed by atoms with Crippen LogP contribution in [0.15, 0.2) is 65.2 Å². The topological polar surface area (TPSA) is 54.5 Å². The summed E-state index contributed by atoms with van der Waals surface area (Å²) in [6.07, 6.45) is 9.60. The van der Waals surface area contributed by atoms with Crippen LogP contribution >= 0.6 is 11.3 Å². The molecule has 0 spiro atoms. The zero-order chi connectivity index (χ0) is 30.1. The Balaban J connectivity index is 1.44.